The van der Waals surface area contributed by atoms with Gasteiger partial charge in [-0.25, -0.2) is 0 Å². The van der Waals surface area contributed by atoms with Gasteiger partial charge in [-0.3, -0.25) is 4.79 Å². The van der Waals surface area contributed by atoms with E-state index in [1.54, 1.807) is 7.11 Å². The zero-order valence-corrected chi connectivity index (χ0v) is 11.6. The van der Waals surface area contributed by atoms with E-state index in [-0.39, 0.29) is 24.0 Å². The molecule has 1 aromatic carbocycles. The van der Waals surface area contributed by atoms with Crippen LogP contribution in [0.1, 0.15) is 13.8 Å². The molecule has 1 atom stereocenters. The Balaban J connectivity index is 2.50. The highest BCUT2D eigenvalue weighted by Gasteiger charge is 2.41. The number of piperazine rings is 1. The van der Waals surface area contributed by atoms with Crippen LogP contribution in [0.5, 0.6) is 5.75 Å². The fraction of sp³-hybridized carbons (Fsp3) is 0.500. The molecule has 1 unspecified atom stereocenters. The number of ether oxygens (including phenoxy) is 1. The number of para-hydroxylation sites is 2. The molecule has 5 nitrogen and oxygen atoms in total. The highest BCUT2D eigenvalue weighted by Crippen LogP contribution is 2.35. The average Bonchev–Trinajstić information content (AvgIpc) is 2.41. The van der Waals surface area contributed by atoms with Crippen molar-refractivity contribution in [1.29, 1.82) is 0 Å². The Morgan fingerprint density at radius 3 is 2.79 bits per heavy atom. The average molecular weight is 263 g/mol. The molecular weight excluding hydrogens is 242 g/mol. The van der Waals surface area contributed by atoms with E-state index in [1.807, 2.05) is 24.3 Å². The number of carbonyl (C=O) groups is 1. The van der Waals surface area contributed by atoms with Gasteiger partial charge in [-0.1, -0.05) is 12.1 Å². The number of benzene rings is 1. The maximum atomic E-state index is 12.0. The number of rotatable bonds is 3. The van der Waals surface area contributed by atoms with Crippen LogP contribution in [-0.2, 0) is 4.79 Å². The first-order chi connectivity index (χ1) is 9.01. The zero-order chi connectivity index (χ0) is 14.0. The molecule has 0 saturated carbocycles. The molecule has 3 N–H and O–H groups in total. The summed E-state index contributed by atoms with van der Waals surface area (Å²) in [6, 6.07) is 7.33. The van der Waals surface area contributed by atoms with Crippen molar-refractivity contribution in [3.05, 3.63) is 24.3 Å². The second-order valence-corrected chi connectivity index (χ2v) is 5.32. The second kappa shape index (κ2) is 5.09. The molecule has 2 rings (SSSR count). The van der Waals surface area contributed by atoms with Crippen LogP contribution in [0.2, 0.25) is 0 Å². The third-order valence-corrected chi connectivity index (χ3v) is 3.53. The van der Waals surface area contributed by atoms with Gasteiger partial charge in [0, 0.05) is 13.1 Å². The van der Waals surface area contributed by atoms with Crippen LogP contribution in [0.4, 0.5) is 5.69 Å². The van der Waals surface area contributed by atoms with Crippen LogP contribution in [-0.4, -0.2) is 37.7 Å². The normalized spacial score (nSPS) is 22.0. The molecule has 19 heavy (non-hydrogen) atoms. The van der Waals surface area contributed by atoms with E-state index in [2.05, 4.69) is 24.1 Å². The summed E-state index contributed by atoms with van der Waals surface area (Å²) >= 11 is 0. The molecule has 0 bridgehead atoms. The maximum absolute atomic E-state index is 12.0. The van der Waals surface area contributed by atoms with Crippen LogP contribution in [0, 0.1) is 0 Å². The largest absolute Gasteiger partial charge is 0.495 e. The van der Waals surface area contributed by atoms with E-state index in [1.165, 1.54) is 0 Å². The molecule has 1 fully saturated rings. The fourth-order valence-corrected chi connectivity index (χ4v) is 2.58. The Hall–Kier alpha value is -1.75. The van der Waals surface area contributed by atoms with Gasteiger partial charge in [0.05, 0.1) is 18.3 Å². The fourth-order valence-electron chi connectivity index (χ4n) is 2.58. The predicted molar refractivity (Wildman–Crippen MR) is 75.4 cm³/mol. The molecule has 5 heteroatoms. The molecule has 1 amide bonds. The van der Waals surface area contributed by atoms with Crippen molar-refractivity contribution in [2.24, 2.45) is 5.73 Å². The number of hydrogen-bond acceptors (Lipinski definition) is 4. The summed E-state index contributed by atoms with van der Waals surface area (Å²) in [5.74, 6) is 0.719. The molecule has 1 aliphatic rings. The summed E-state index contributed by atoms with van der Waals surface area (Å²) < 4.78 is 5.41. The van der Waals surface area contributed by atoms with Crippen molar-refractivity contribution in [2.75, 3.05) is 25.1 Å². The lowest BCUT2D eigenvalue weighted by molar-refractivity contribution is -0.124. The molecule has 1 saturated heterocycles. The van der Waals surface area contributed by atoms with Gasteiger partial charge in [0.1, 0.15) is 11.8 Å². The van der Waals surface area contributed by atoms with E-state index in [9.17, 15) is 4.79 Å². The molecule has 104 valence electrons. The van der Waals surface area contributed by atoms with Crippen molar-refractivity contribution in [2.45, 2.75) is 25.4 Å². The van der Waals surface area contributed by atoms with Crippen LogP contribution in [0.3, 0.4) is 0 Å². The van der Waals surface area contributed by atoms with Gasteiger partial charge in [0.2, 0.25) is 5.91 Å². The number of carbonyl (C=O) groups excluding carboxylic acids is 1. The maximum Gasteiger partial charge on any atom is 0.244 e. The Bertz CT molecular complexity index is 474. The number of amides is 1. The summed E-state index contributed by atoms with van der Waals surface area (Å²) in [5.41, 5.74) is 6.48. The minimum atomic E-state index is -0.375. The van der Waals surface area contributed by atoms with Crippen LogP contribution >= 0.6 is 0 Å². The quantitative estimate of drug-likeness (QED) is 0.844. The van der Waals surface area contributed by atoms with E-state index >= 15 is 0 Å². The molecule has 0 spiro atoms. The SMILES string of the molecule is COc1ccccc1N1C(CN)C(=O)NCC1(C)C. The number of nitrogens with one attached hydrogen (secondary N) is 1. The minimum absolute atomic E-state index is 0.0345. The van der Waals surface area contributed by atoms with Crippen LogP contribution in [0.15, 0.2) is 24.3 Å². The molecule has 1 aromatic rings. The number of methoxy groups -OCH3 is 1. The Morgan fingerprint density at radius 2 is 2.16 bits per heavy atom. The van der Waals surface area contributed by atoms with Crippen molar-refractivity contribution in [3.8, 4) is 5.75 Å². The summed E-state index contributed by atoms with van der Waals surface area (Å²) in [6.45, 7) is 5.02. The van der Waals surface area contributed by atoms with Crippen molar-refractivity contribution in [3.63, 3.8) is 0 Å². The van der Waals surface area contributed by atoms with Gasteiger partial charge < -0.3 is 20.7 Å². The molecule has 1 aliphatic heterocycles. The van der Waals surface area contributed by atoms with E-state index in [4.69, 9.17) is 10.5 Å². The second-order valence-electron chi connectivity index (χ2n) is 5.32. The van der Waals surface area contributed by atoms with Crippen LogP contribution < -0.4 is 20.7 Å². The van der Waals surface area contributed by atoms with Crippen molar-refractivity contribution in [1.82, 2.24) is 5.32 Å². The smallest absolute Gasteiger partial charge is 0.244 e. The van der Waals surface area contributed by atoms with Gasteiger partial charge in [-0.15, -0.1) is 0 Å². The third-order valence-electron chi connectivity index (χ3n) is 3.53. The Kier molecular flexibility index (Phi) is 3.66. The first kappa shape index (κ1) is 13.7. The van der Waals surface area contributed by atoms with E-state index < -0.39 is 0 Å². The van der Waals surface area contributed by atoms with Gasteiger partial charge in [-0.2, -0.15) is 0 Å². The summed E-state index contributed by atoms with van der Waals surface area (Å²) in [6.07, 6.45) is 0. The predicted octanol–water partition coefficient (Wildman–Crippen LogP) is 0.737. The molecule has 0 radical (unpaired) electrons. The monoisotopic (exact) mass is 263 g/mol. The van der Waals surface area contributed by atoms with Gasteiger partial charge in [0.15, 0.2) is 0 Å². The lowest BCUT2D eigenvalue weighted by atomic mass is 9.94. The summed E-state index contributed by atoms with van der Waals surface area (Å²) in [7, 11) is 1.63. The minimum Gasteiger partial charge on any atom is -0.495 e. The molecule has 0 aromatic heterocycles. The first-order valence-electron chi connectivity index (χ1n) is 6.41. The number of nitrogens with zero attached hydrogens (tertiary/aromatic N) is 1. The Labute approximate surface area is 113 Å². The highest BCUT2D eigenvalue weighted by molar-refractivity contribution is 5.88. The third kappa shape index (κ3) is 2.38. The van der Waals surface area contributed by atoms with Gasteiger partial charge >= 0.3 is 0 Å². The number of anilines is 1. The topological polar surface area (TPSA) is 67.6 Å². The number of nitrogens with two attached hydrogens (primary N) is 1. The summed E-state index contributed by atoms with van der Waals surface area (Å²) in [5, 5.41) is 2.91. The first-order valence-corrected chi connectivity index (χ1v) is 6.41. The molecule has 0 aliphatic carbocycles. The van der Waals surface area contributed by atoms with E-state index in [0.717, 1.165) is 11.4 Å². The molecular formula is C14H21N3O2. The van der Waals surface area contributed by atoms with Crippen molar-refractivity contribution >= 4 is 11.6 Å². The van der Waals surface area contributed by atoms with E-state index in [0.29, 0.717) is 6.54 Å². The lowest BCUT2D eigenvalue weighted by Crippen LogP contribution is -2.67. The standard InChI is InChI=1S/C14H21N3O2/c1-14(2)9-16-13(18)11(8-15)17(14)10-6-4-5-7-12(10)19-3/h4-7,11H,8-9,15H2,1-3H3,(H,16,18). The molecule has 1 heterocycles. The van der Waals surface area contributed by atoms with Gasteiger partial charge in [-0.05, 0) is 26.0 Å². The highest BCUT2D eigenvalue weighted by atomic mass is 16.5. The van der Waals surface area contributed by atoms with Crippen LogP contribution in [0.25, 0.3) is 0 Å². The summed E-state index contributed by atoms with van der Waals surface area (Å²) in [4.78, 5) is 14.1. The van der Waals surface area contributed by atoms with Gasteiger partial charge in [0.25, 0.3) is 0 Å². The zero-order valence-electron chi connectivity index (χ0n) is 11.6. The Morgan fingerprint density at radius 1 is 1.47 bits per heavy atom. The lowest BCUT2D eigenvalue weighted by Gasteiger charge is -2.48. The number of hydrogen-bond donors (Lipinski definition) is 2. The van der Waals surface area contributed by atoms with Crippen molar-refractivity contribution < 1.29 is 9.53 Å².